The van der Waals surface area contributed by atoms with E-state index in [9.17, 15) is 0 Å². The number of hydrogen-bond donors (Lipinski definition) is 0. The van der Waals surface area contributed by atoms with Crippen molar-refractivity contribution in [2.75, 3.05) is 7.11 Å². The maximum absolute atomic E-state index is 5.72. The molecule has 86 valence electrons. The molecule has 0 heterocycles. The first kappa shape index (κ1) is 11.3. The van der Waals surface area contributed by atoms with Crippen LogP contribution in [0.25, 0.3) is 5.76 Å². The highest BCUT2D eigenvalue weighted by Gasteiger charge is 2.01. The fourth-order valence-electron chi connectivity index (χ4n) is 1.48. The van der Waals surface area contributed by atoms with E-state index in [1.54, 1.807) is 7.11 Å². The van der Waals surface area contributed by atoms with Gasteiger partial charge >= 0.3 is 0 Å². The van der Waals surface area contributed by atoms with Crippen LogP contribution in [0.15, 0.2) is 61.2 Å². The van der Waals surface area contributed by atoms with Gasteiger partial charge in [-0.2, -0.15) is 0 Å². The Labute approximate surface area is 101 Å². The first-order valence-corrected chi connectivity index (χ1v) is 5.36. The lowest BCUT2D eigenvalue weighted by Gasteiger charge is -2.08. The summed E-state index contributed by atoms with van der Waals surface area (Å²) in [5.41, 5.74) is 0.918. The van der Waals surface area contributed by atoms with Crippen LogP contribution in [0.4, 0.5) is 0 Å². The second-order valence-corrected chi connectivity index (χ2v) is 3.57. The molecule has 17 heavy (non-hydrogen) atoms. The molecule has 0 aliphatic carbocycles. The topological polar surface area (TPSA) is 18.5 Å². The quantitative estimate of drug-likeness (QED) is 0.731. The molecule has 0 radical (unpaired) electrons. The Morgan fingerprint density at radius 2 is 1.65 bits per heavy atom. The summed E-state index contributed by atoms with van der Waals surface area (Å²) in [7, 11) is 1.60. The van der Waals surface area contributed by atoms with Gasteiger partial charge in [-0.1, -0.05) is 36.9 Å². The van der Waals surface area contributed by atoms with Gasteiger partial charge in [0.05, 0.1) is 7.11 Å². The SMILES string of the molecule is C=C(OC)c1cccc(Oc2ccccc2)c1. The molecule has 0 saturated heterocycles. The molecule has 0 saturated carbocycles. The lowest BCUT2D eigenvalue weighted by atomic mass is 10.2. The van der Waals surface area contributed by atoms with E-state index in [-0.39, 0.29) is 0 Å². The Morgan fingerprint density at radius 3 is 2.35 bits per heavy atom. The molecule has 2 aromatic carbocycles. The van der Waals surface area contributed by atoms with Gasteiger partial charge in [0.25, 0.3) is 0 Å². The van der Waals surface area contributed by atoms with Gasteiger partial charge in [0.1, 0.15) is 17.3 Å². The predicted octanol–water partition coefficient (Wildman–Crippen LogP) is 4.10. The van der Waals surface area contributed by atoms with Crippen LogP contribution in [0.2, 0.25) is 0 Å². The maximum Gasteiger partial charge on any atom is 0.128 e. The zero-order chi connectivity index (χ0) is 12.1. The third kappa shape index (κ3) is 2.88. The molecule has 0 aliphatic rings. The summed E-state index contributed by atoms with van der Waals surface area (Å²) in [6.45, 7) is 3.81. The lowest BCUT2D eigenvalue weighted by molar-refractivity contribution is 0.371. The van der Waals surface area contributed by atoms with Crippen molar-refractivity contribution < 1.29 is 9.47 Å². The van der Waals surface area contributed by atoms with Crippen LogP contribution in [-0.4, -0.2) is 7.11 Å². The van der Waals surface area contributed by atoms with Gasteiger partial charge in [-0.25, -0.2) is 0 Å². The van der Waals surface area contributed by atoms with Crippen LogP contribution in [0, 0.1) is 0 Å². The smallest absolute Gasteiger partial charge is 0.128 e. The van der Waals surface area contributed by atoms with E-state index in [0.717, 1.165) is 17.1 Å². The van der Waals surface area contributed by atoms with Crippen LogP contribution in [0.1, 0.15) is 5.56 Å². The fraction of sp³-hybridized carbons (Fsp3) is 0.0667. The van der Waals surface area contributed by atoms with Gasteiger partial charge in [-0.3, -0.25) is 0 Å². The van der Waals surface area contributed by atoms with Crippen molar-refractivity contribution in [3.63, 3.8) is 0 Å². The van der Waals surface area contributed by atoms with Crippen molar-refractivity contribution in [2.24, 2.45) is 0 Å². The van der Waals surface area contributed by atoms with E-state index in [1.807, 2.05) is 54.6 Å². The van der Waals surface area contributed by atoms with Crippen molar-refractivity contribution >= 4 is 5.76 Å². The van der Waals surface area contributed by atoms with E-state index in [0.29, 0.717) is 5.76 Å². The number of ether oxygens (including phenoxy) is 2. The Kier molecular flexibility index (Phi) is 3.46. The highest BCUT2D eigenvalue weighted by molar-refractivity contribution is 5.59. The van der Waals surface area contributed by atoms with E-state index in [2.05, 4.69) is 6.58 Å². The normalized spacial score (nSPS) is 9.71. The van der Waals surface area contributed by atoms with Crippen molar-refractivity contribution in [1.29, 1.82) is 0 Å². The van der Waals surface area contributed by atoms with E-state index in [1.165, 1.54) is 0 Å². The molecule has 2 nitrogen and oxygen atoms in total. The first-order chi connectivity index (χ1) is 8.29. The maximum atomic E-state index is 5.72. The molecule has 0 amide bonds. The monoisotopic (exact) mass is 226 g/mol. The predicted molar refractivity (Wildman–Crippen MR) is 69.0 cm³/mol. The largest absolute Gasteiger partial charge is 0.497 e. The standard InChI is InChI=1S/C15H14O2/c1-12(16-2)13-7-6-10-15(11-13)17-14-8-4-3-5-9-14/h3-11H,1H2,2H3. The average molecular weight is 226 g/mol. The molecule has 0 N–H and O–H groups in total. The zero-order valence-electron chi connectivity index (χ0n) is 9.72. The van der Waals surface area contributed by atoms with Gasteiger partial charge in [0.15, 0.2) is 0 Å². The highest BCUT2D eigenvalue weighted by atomic mass is 16.5. The molecule has 2 rings (SSSR count). The van der Waals surface area contributed by atoms with Crippen LogP contribution in [0.5, 0.6) is 11.5 Å². The Balaban J connectivity index is 2.20. The summed E-state index contributed by atoms with van der Waals surface area (Å²) in [4.78, 5) is 0. The minimum absolute atomic E-state index is 0.628. The third-order valence-electron chi connectivity index (χ3n) is 2.38. The molecule has 0 aliphatic heterocycles. The van der Waals surface area contributed by atoms with Gasteiger partial charge in [-0.05, 0) is 24.3 Å². The van der Waals surface area contributed by atoms with E-state index >= 15 is 0 Å². The molecule has 0 spiro atoms. The van der Waals surface area contributed by atoms with E-state index in [4.69, 9.17) is 9.47 Å². The lowest BCUT2D eigenvalue weighted by Crippen LogP contribution is -1.88. The van der Waals surface area contributed by atoms with Crippen LogP contribution in [0.3, 0.4) is 0 Å². The summed E-state index contributed by atoms with van der Waals surface area (Å²) >= 11 is 0. The number of methoxy groups -OCH3 is 1. The number of para-hydroxylation sites is 1. The minimum atomic E-state index is 0.628. The summed E-state index contributed by atoms with van der Waals surface area (Å²) in [5, 5.41) is 0. The van der Waals surface area contributed by atoms with Crippen LogP contribution in [-0.2, 0) is 4.74 Å². The summed E-state index contributed by atoms with van der Waals surface area (Å²) in [6, 6.07) is 17.3. The molecule has 0 aromatic heterocycles. The van der Waals surface area contributed by atoms with Crippen LogP contribution >= 0.6 is 0 Å². The number of rotatable bonds is 4. The van der Waals surface area contributed by atoms with Gasteiger partial charge < -0.3 is 9.47 Å². The van der Waals surface area contributed by atoms with Gasteiger partial charge in [-0.15, -0.1) is 0 Å². The van der Waals surface area contributed by atoms with E-state index < -0.39 is 0 Å². The average Bonchev–Trinajstić information content (AvgIpc) is 2.39. The van der Waals surface area contributed by atoms with Crippen molar-refractivity contribution in [2.45, 2.75) is 0 Å². The van der Waals surface area contributed by atoms with Gasteiger partial charge in [0.2, 0.25) is 0 Å². The van der Waals surface area contributed by atoms with Gasteiger partial charge in [0, 0.05) is 5.56 Å². The second kappa shape index (κ2) is 5.21. The van der Waals surface area contributed by atoms with Crippen molar-refractivity contribution in [1.82, 2.24) is 0 Å². The summed E-state index contributed by atoms with van der Waals surface area (Å²) in [5.74, 6) is 2.21. The molecule has 2 heteroatoms. The molecular weight excluding hydrogens is 212 g/mol. The number of hydrogen-bond acceptors (Lipinski definition) is 2. The van der Waals surface area contributed by atoms with Crippen LogP contribution < -0.4 is 4.74 Å². The summed E-state index contributed by atoms with van der Waals surface area (Å²) in [6.07, 6.45) is 0. The Morgan fingerprint density at radius 1 is 0.941 bits per heavy atom. The fourth-order valence-corrected chi connectivity index (χ4v) is 1.48. The van der Waals surface area contributed by atoms with Crippen molar-refractivity contribution in [3.05, 3.63) is 66.7 Å². The highest BCUT2D eigenvalue weighted by Crippen LogP contribution is 2.24. The second-order valence-electron chi connectivity index (χ2n) is 3.57. The first-order valence-electron chi connectivity index (χ1n) is 5.36. The Bertz CT molecular complexity index is 503. The van der Waals surface area contributed by atoms with Crippen molar-refractivity contribution in [3.8, 4) is 11.5 Å². The molecule has 0 bridgehead atoms. The Hall–Kier alpha value is -2.22. The minimum Gasteiger partial charge on any atom is -0.497 e. The molecule has 0 fully saturated rings. The zero-order valence-corrected chi connectivity index (χ0v) is 9.72. The molecule has 0 atom stereocenters. The summed E-state index contributed by atoms with van der Waals surface area (Å²) < 4.78 is 10.8. The molecule has 0 unspecified atom stereocenters. The molecule has 2 aromatic rings. The third-order valence-corrected chi connectivity index (χ3v) is 2.38. The molecular formula is C15H14O2. The number of benzene rings is 2.